The Hall–Kier alpha value is -1.45. The van der Waals surface area contributed by atoms with Gasteiger partial charge in [-0.3, -0.25) is 4.98 Å². The minimum atomic E-state index is 0.340. The second-order valence-electron chi connectivity index (χ2n) is 6.13. The van der Waals surface area contributed by atoms with Gasteiger partial charge in [-0.25, -0.2) is 0 Å². The fourth-order valence-corrected chi connectivity index (χ4v) is 3.53. The second kappa shape index (κ2) is 7.01. The normalized spacial score (nSPS) is 22.5. The summed E-state index contributed by atoms with van der Waals surface area (Å²) in [6, 6.07) is 8.47. The zero-order chi connectivity index (χ0) is 14.5. The van der Waals surface area contributed by atoms with E-state index < -0.39 is 0 Å². The van der Waals surface area contributed by atoms with Crippen LogP contribution in [0.2, 0.25) is 0 Å². The Labute approximate surface area is 126 Å². The van der Waals surface area contributed by atoms with Crippen molar-refractivity contribution in [2.45, 2.75) is 32.2 Å². The van der Waals surface area contributed by atoms with Crippen molar-refractivity contribution in [2.24, 2.45) is 11.8 Å². The molecule has 0 saturated heterocycles. The van der Waals surface area contributed by atoms with Crippen LogP contribution in [0.5, 0.6) is 0 Å². The number of benzene rings is 1. The zero-order valence-corrected chi connectivity index (χ0v) is 12.5. The largest absolute Gasteiger partial charge is 0.396 e. The van der Waals surface area contributed by atoms with E-state index in [4.69, 9.17) is 0 Å². The van der Waals surface area contributed by atoms with Crippen LogP contribution in [-0.4, -0.2) is 23.2 Å². The summed E-state index contributed by atoms with van der Waals surface area (Å²) in [5.41, 5.74) is 1.33. The molecule has 1 fully saturated rings. The van der Waals surface area contributed by atoms with Crippen LogP contribution in [0.4, 0.5) is 0 Å². The lowest BCUT2D eigenvalue weighted by atomic mass is 9.79. The predicted octanol–water partition coefficient (Wildman–Crippen LogP) is 3.12. The minimum absolute atomic E-state index is 0.340. The summed E-state index contributed by atoms with van der Waals surface area (Å²) < 4.78 is 0. The number of hydrogen-bond acceptors (Lipinski definition) is 3. The number of fused-ring (bicyclic) bond motifs is 1. The van der Waals surface area contributed by atoms with Crippen molar-refractivity contribution in [1.29, 1.82) is 0 Å². The van der Waals surface area contributed by atoms with Crippen LogP contribution < -0.4 is 5.32 Å². The molecule has 2 unspecified atom stereocenters. The van der Waals surface area contributed by atoms with Crippen LogP contribution in [0.1, 0.15) is 31.2 Å². The number of nitrogens with one attached hydrogen (secondary N) is 1. The Kier molecular flexibility index (Phi) is 4.84. The fraction of sp³-hybridized carbons (Fsp3) is 0.500. The summed E-state index contributed by atoms with van der Waals surface area (Å²) in [5.74, 6) is 1.11. The number of aliphatic hydroxyl groups is 1. The topological polar surface area (TPSA) is 45.1 Å². The van der Waals surface area contributed by atoms with Gasteiger partial charge in [-0.2, -0.15) is 0 Å². The van der Waals surface area contributed by atoms with Gasteiger partial charge in [-0.05, 0) is 48.2 Å². The molecular formula is C18H24N2O. The van der Waals surface area contributed by atoms with E-state index in [1.165, 1.54) is 42.0 Å². The average Bonchev–Trinajstić information content (AvgIpc) is 2.55. The lowest BCUT2D eigenvalue weighted by Gasteiger charge is -2.30. The fourth-order valence-electron chi connectivity index (χ4n) is 3.53. The van der Waals surface area contributed by atoms with Gasteiger partial charge in [0, 0.05) is 30.9 Å². The molecule has 112 valence electrons. The number of pyridine rings is 1. The molecule has 1 aromatic heterocycles. The predicted molar refractivity (Wildman–Crippen MR) is 86.0 cm³/mol. The number of nitrogens with zero attached hydrogens (tertiary/aromatic N) is 1. The molecular weight excluding hydrogens is 260 g/mol. The first-order valence-corrected chi connectivity index (χ1v) is 8.01. The van der Waals surface area contributed by atoms with Crippen LogP contribution in [0.25, 0.3) is 10.8 Å². The molecule has 0 amide bonds. The van der Waals surface area contributed by atoms with Gasteiger partial charge in [0.15, 0.2) is 0 Å². The maximum atomic E-state index is 9.48. The second-order valence-corrected chi connectivity index (χ2v) is 6.13. The Morgan fingerprint density at radius 1 is 1.14 bits per heavy atom. The van der Waals surface area contributed by atoms with E-state index in [-0.39, 0.29) is 0 Å². The molecule has 21 heavy (non-hydrogen) atoms. The summed E-state index contributed by atoms with van der Waals surface area (Å²) in [6.07, 6.45) is 8.79. The van der Waals surface area contributed by atoms with E-state index in [1.54, 1.807) is 0 Å². The maximum absolute atomic E-state index is 9.48. The van der Waals surface area contributed by atoms with Crippen molar-refractivity contribution in [2.75, 3.05) is 13.2 Å². The Morgan fingerprint density at radius 2 is 2.00 bits per heavy atom. The lowest BCUT2D eigenvalue weighted by molar-refractivity contribution is 0.133. The first-order chi connectivity index (χ1) is 10.4. The minimum Gasteiger partial charge on any atom is -0.396 e. The summed E-state index contributed by atoms with van der Waals surface area (Å²) in [6.45, 7) is 2.23. The third kappa shape index (κ3) is 3.42. The van der Waals surface area contributed by atoms with Crippen molar-refractivity contribution in [3.8, 4) is 0 Å². The van der Waals surface area contributed by atoms with Gasteiger partial charge in [0.25, 0.3) is 0 Å². The van der Waals surface area contributed by atoms with E-state index in [0.29, 0.717) is 18.4 Å². The van der Waals surface area contributed by atoms with Crippen LogP contribution in [0, 0.1) is 11.8 Å². The molecule has 1 heterocycles. The number of aliphatic hydroxyl groups excluding tert-OH is 1. The van der Waals surface area contributed by atoms with E-state index in [9.17, 15) is 5.11 Å². The third-order valence-electron chi connectivity index (χ3n) is 4.79. The van der Waals surface area contributed by atoms with E-state index in [2.05, 4.69) is 34.6 Å². The molecule has 0 radical (unpaired) electrons. The van der Waals surface area contributed by atoms with Crippen molar-refractivity contribution < 1.29 is 5.11 Å². The molecule has 0 bridgehead atoms. The van der Waals surface area contributed by atoms with Crippen LogP contribution in [0.3, 0.4) is 0 Å². The Balaban J connectivity index is 1.61. The van der Waals surface area contributed by atoms with Crippen molar-refractivity contribution in [3.63, 3.8) is 0 Å². The van der Waals surface area contributed by atoms with Gasteiger partial charge in [0.2, 0.25) is 0 Å². The molecule has 3 nitrogen and oxygen atoms in total. The SMILES string of the molecule is OCC1CCCCC1CNCc1cccc2cnccc12. The molecule has 1 aliphatic rings. The van der Waals surface area contributed by atoms with Crippen molar-refractivity contribution >= 4 is 10.8 Å². The number of aromatic nitrogens is 1. The van der Waals surface area contributed by atoms with Gasteiger partial charge < -0.3 is 10.4 Å². The van der Waals surface area contributed by atoms with E-state index in [0.717, 1.165) is 13.1 Å². The first kappa shape index (κ1) is 14.5. The summed E-state index contributed by atoms with van der Waals surface area (Å²) in [5, 5.41) is 15.6. The number of rotatable bonds is 5. The molecule has 0 spiro atoms. The summed E-state index contributed by atoms with van der Waals surface area (Å²) >= 11 is 0. The molecule has 3 heteroatoms. The average molecular weight is 284 g/mol. The molecule has 0 aliphatic heterocycles. The van der Waals surface area contributed by atoms with Crippen molar-refractivity contribution in [1.82, 2.24) is 10.3 Å². The highest BCUT2D eigenvalue weighted by molar-refractivity contribution is 5.84. The van der Waals surface area contributed by atoms with Gasteiger partial charge in [0.1, 0.15) is 0 Å². The lowest BCUT2D eigenvalue weighted by Crippen LogP contribution is -2.32. The van der Waals surface area contributed by atoms with Crippen LogP contribution in [0.15, 0.2) is 36.7 Å². The molecule has 2 atom stereocenters. The first-order valence-electron chi connectivity index (χ1n) is 8.01. The highest BCUT2D eigenvalue weighted by Crippen LogP contribution is 2.29. The van der Waals surface area contributed by atoms with Gasteiger partial charge >= 0.3 is 0 Å². The van der Waals surface area contributed by atoms with E-state index >= 15 is 0 Å². The highest BCUT2D eigenvalue weighted by Gasteiger charge is 2.23. The quantitative estimate of drug-likeness (QED) is 0.886. The highest BCUT2D eigenvalue weighted by atomic mass is 16.3. The molecule has 1 aromatic carbocycles. The van der Waals surface area contributed by atoms with Crippen LogP contribution >= 0.6 is 0 Å². The standard InChI is InChI=1S/C18H24N2O/c21-13-17-5-2-1-4-14(17)10-20-12-16-7-3-6-15-11-19-9-8-18(15)16/h3,6-9,11,14,17,20-21H,1-2,4-5,10,12-13H2. The third-order valence-corrected chi connectivity index (χ3v) is 4.79. The van der Waals surface area contributed by atoms with Gasteiger partial charge in [-0.1, -0.05) is 31.0 Å². The van der Waals surface area contributed by atoms with Gasteiger partial charge in [-0.15, -0.1) is 0 Å². The molecule has 1 saturated carbocycles. The Morgan fingerprint density at radius 3 is 2.86 bits per heavy atom. The molecule has 2 N–H and O–H groups in total. The monoisotopic (exact) mass is 284 g/mol. The summed E-state index contributed by atoms with van der Waals surface area (Å²) in [4.78, 5) is 4.18. The molecule has 2 aromatic rings. The zero-order valence-electron chi connectivity index (χ0n) is 12.5. The smallest absolute Gasteiger partial charge is 0.0462 e. The molecule has 1 aliphatic carbocycles. The van der Waals surface area contributed by atoms with Crippen LogP contribution in [-0.2, 0) is 6.54 Å². The summed E-state index contributed by atoms with van der Waals surface area (Å²) in [7, 11) is 0. The Bertz CT molecular complexity index is 579. The maximum Gasteiger partial charge on any atom is 0.0462 e. The van der Waals surface area contributed by atoms with Gasteiger partial charge in [0.05, 0.1) is 0 Å². The van der Waals surface area contributed by atoms with E-state index in [1.807, 2.05) is 12.4 Å². The van der Waals surface area contributed by atoms with Crippen molar-refractivity contribution in [3.05, 3.63) is 42.2 Å². The molecule has 3 rings (SSSR count). The number of hydrogen-bond donors (Lipinski definition) is 2.